The zero-order valence-electron chi connectivity index (χ0n) is 11.8. The third-order valence-corrected chi connectivity index (χ3v) is 2.99. The molecule has 0 amide bonds. The van der Waals surface area contributed by atoms with Crippen LogP contribution < -0.4 is 5.32 Å². The molecule has 0 aliphatic heterocycles. The lowest BCUT2D eigenvalue weighted by Gasteiger charge is -2.06. The molecular weight excluding hydrogens is 258 g/mol. The Labute approximate surface area is 116 Å². The number of aromatic nitrogens is 3. The molecule has 7 heteroatoms. The molecule has 0 fully saturated rings. The molecule has 0 aliphatic carbocycles. The lowest BCUT2D eigenvalue weighted by molar-refractivity contribution is -0.384. The van der Waals surface area contributed by atoms with Gasteiger partial charge in [0.2, 0.25) is 5.82 Å². The first-order valence-corrected chi connectivity index (χ1v) is 6.39. The highest BCUT2D eigenvalue weighted by atomic mass is 16.6. The molecule has 0 aromatic carbocycles. The zero-order valence-corrected chi connectivity index (χ0v) is 11.8. The number of anilines is 1. The molecule has 2 rings (SSSR count). The molecule has 0 unspecified atom stereocenters. The molecule has 0 saturated heterocycles. The molecule has 1 N–H and O–H groups in total. The van der Waals surface area contributed by atoms with Crippen molar-refractivity contribution in [2.24, 2.45) is 7.05 Å². The van der Waals surface area contributed by atoms with Crippen molar-refractivity contribution in [3.63, 3.8) is 0 Å². The van der Waals surface area contributed by atoms with E-state index in [-0.39, 0.29) is 5.69 Å². The lowest BCUT2D eigenvalue weighted by Crippen LogP contribution is -2.07. The minimum Gasteiger partial charge on any atom is -0.359 e. The van der Waals surface area contributed by atoms with Crippen molar-refractivity contribution in [3.8, 4) is 0 Å². The zero-order chi connectivity index (χ0) is 14.7. The summed E-state index contributed by atoms with van der Waals surface area (Å²) >= 11 is 0. The fraction of sp³-hybridized carbons (Fsp3) is 0.385. The maximum Gasteiger partial charge on any atom is 0.333 e. The third kappa shape index (κ3) is 2.76. The van der Waals surface area contributed by atoms with Gasteiger partial charge in [0.25, 0.3) is 0 Å². The van der Waals surface area contributed by atoms with E-state index in [9.17, 15) is 10.1 Å². The van der Waals surface area contributed by atoms with Crippen LogP contribution in [-0.2, 0) is 20.0 Å². The van der Waals surface area contributed by atoms with Gasteiger partial charge in [0.05, 0.1) is 17.2 Å². The number of rotatable bonds is 5. The first kappa shape index (κ1) is 14.0. The largest absolute Gasteiger partial charge is 0.359 e. The lowest BCUT2D eigenvalue weighted by atomic mass is 10.3. The summed E-state index contributed by atoms with van der Waals surface area (Å²) < 4.78 is 1.51. The summed E-state index contributed by atoms with van der Waals surface area (Å²) in [6.07, 6.45) is 0.522. The van der Waals surface area contributed by atoms with Crippen molar-refractivity contribution in [2.75, 3.05) is 5.32 Å². The monoisotopic (exact) mass is 275 g/mol. The summed E-state index contributed by atoms with van der Waals surface area (Å²) in [6.45, 7) is 4.18. The minimum absolute atomic E-state index is 0.0441. The van der Waals surface area contributed by atoms with Gasteiger partial charge in [-0.2, -0.15) is 5.10 Å². The number of hydrogen-bond acceptors (Lipinski definition) is 5. The molecule has 0 atom stereocenters. The second kappa shape index (κ2) is 5.68. The van der Waals surface area contributed by atoms with Crippen molar-refractivity contribution < 1.29 is 4.92 Å². The Kier molecular flexibility index (Phi) is 3.97. The van der Waals surface area contributed by atoms with E-state index in [4.69, 9.17) is 0 Å². The Hall–Kier alpha value is -2.44. The van der Waals surface area contributed by atoms with Gasteiger partial charge in [-0.3, -0.25) is 15.1 Å². The van der Waals surface area contributed by atoms with Gasteiger partial charge < -0.3 is 5.32 Å². The average molecular weight is 275 g/mol. The van der Waals surface area contributed by atoms with E-state index in [0.29, 0.717) is 24.5 Å². The number of nitrogens with zero attached hydrogens (tertiary/aromatic N) is 4. The van der Waals surface area contributed by atoms with E-state index < -0.39 is 4.92 Å². The molecule has 0 bridgehead atoms. The number of nitrogens with one attached hydrogen (secondary N) is 1. The van der Waals surface area contributed by atoms with E-state index in [0.717, 1.165) is 11.4 Å². The highest BCUT2D eigenvalue weighted by Crippen LogP contribution is 2.28. The molecule has 0 radical (unpaired) electrons. The molecule has 0 saturated carbocycles. The van der Waals surface area contributed by atoms with Crippen LogP contribution in [-0.4, -0.2) is 19.7 Å². The van der Waals surface area contributed by atoms with Gasteiger partial charge in [0.1, 0.15) is 5.69 Å². The van der Waals surface area contributed by atoms with Gasteiger partial charge >= 0.3 is 5.69 Å². The molecule has 2 heterocycles. The van der Waals surface area contributed by atoms with Gasteiger partial charge in [-0.1, -0.05) is 13.0 Å². The molecule has 0 spiro atoms. The van der Waals surface area contributed by atoms with Crippen LogP contribution in [0.5, 0.6) is 0 Å². The molecule has 2 aromatic heterocycles. The van der Waals surface area contributed by atoms with Crippen LogP contribution in [0.25, 0.3) is 0 Å². The molecule has 2 aromatic rings. The SMILES string of the molecule is CCc1nn(C)c(NCc2cccc(C)n2)c1[N+](=O)[O-]. The van der Waals surface area contributed by atoms with Crippen molar-refractivity contribution in [2.45, 2.75) is 26.8 Å². The van der Waals surface area contributed by atoms with Crippen LogP contribution in [0.2, 0.25) is 0 Å². The number of hydrogen-bond donors (Lipinski definition) is 1. The Morgan fingerprint density at radius 2 is 2.20 bits per heavy atom. The fourth-order valence-corrected chi connectivity index (χ4v) is 2.07. The molecule has 7 nitrogen and oxygen atoms in total. The van der Waals surface area contributed by atoms with Gasteiger partial charge in [-0.05, 0) is 25.5 Å². The first-order chi connectivity index (χ1) is 9.52. The van der Waals surface area contributed by atoms with Crippen LogP contribution >= 0.6 is 0 Å². The highest BCUT2D eigenvalue weighted by Gasteiger charge is 2.25. The smallest absolute Gasteiger partial charge is 0.333 e. The van der Waals surface area contributed by atoms with E-state index >= 15 is 0 Å². The Bertz CT molecular complexity index is 636. The molecule has 106 valence electrons. The summed E-state index contributed by atoms with van der Waals surface area (Å²) in [4.78, 5) is 15.1. The summed E-state index contributed by atoms with van der Waals surface area (Å²) in [5.41, 5.74) is 2.27. The van der Waals surface area contributed by atoms with Crippen molar-refractivity contribution in [3.05, 3.63) is 45.4 Å². The average Bonchev–Trinajstić information content (AvgIpc) is 2.73. The predicted molar refractivity (Wildman–Crippen MR) is 75.5 cm³/mol. The minimum atomic E-state index is -0.391. The third-order valence-electron chi connectivity index (χ3n) is 2.99. The molecular formula is C13H17N5O2. The van der Waals surface area contributed by atoms with Crippen LogP contribution in [0, 0.1) is 17.0 Å². The number of aryl methyl sites for hydroxylation is 3. The topological polar surface area (TPSA) is 85.9 Å². The van der Waals surface area contributed by atoms with Crippen molar-refractivity contribution >= 4 is 11.5 Å². The second-order valence-electron chi connectivity index (χ2n) is 4.50. The number of pyridine rings is 1. The second-order valence-corrected chi connectivity index (χ2v) is 4.50. The quantitative estimate of drug-likeness (QED) is 0.667. The van der Waals surface area contributed by atoms with Crippen molar-refractivity contribution in [1.82, 2.24) is 14.8 Å². The normalized spacial score (nSPS) is 10.6. The predicted octanol–water partition coefficient (Wildman–Crippen LogP) is 2.21. The van der Waals surface area contributed by atoms with E-state index in [1.165, 1.54) is 4.68 Å². The van der Waals surface area contributed by atoms with Crippen molar-refractivity contribution in [1.29, 1.82) is 0 Å². The standard InChI is InChI=1S/C13H17N5O2/c1-4-11-12(18(19)20)13(17(3)16-11)14-8-10-7-5-6-9(2)15-10/h5-7,14H,4,8H2,1-3H3. The van der Waals surface area contributed by atoms with E-state index in [2.05, 4.69) is 15.4 Å². The summed E-state index contributed by atoms with van der Waals surface area (Å²) in [6, 6.07) is 5.70. The maximum atomic E-state index is 11.2. The van der Waals surface area contributed by atoms with E-state index in [1.54, 1.807) is 7.05 Å². The van der Waals surface area contributed by atoms with Crippen LogP contribution in [0.15, 0.2) is 18.2 Å². The van der Waals surface area contributed by atoms with Gasteiger partial charge in [-0.15, -0.1) is 0 Å². The summed E-state index contributed by atoms with van der Waals surface area (Å²) in [5.74, 6) is 0.412. The van der Waals surface area contributed by atoms with Crippen LogP contribution in [0.1, 0.15) is 24.0 Å². The number of nitro groups is 1. The van der Waals surface area contributed by atoms with Crippen LogP contribution in [0.4, 0.5) is 11.5 Å². The first-order valence-electron chi connectivity index (χ1n) is 6.39. The van der Waals surface area contributed by atoms with Gasteiger partial charge in [-0.25, -0.2) is 4.68 Å². The highest BCUT2D eigenvalue weighted by molar-refractivity contribution is 5.59. The van der Waals surface area contributed by atoms with Gasteiger partial charge in [0, 0.05) is 12.7 Å². The van der Waals surface area contributed by atoms with Gasteiger partial charge in [0.15, 0.2) is 0 Å². The fourth-order valence-electron chi connectivity index (χ4n) is 2.07. The maximum absolute atomic E-state index is 11.2. The summed E-state index contributed by atoms with van der Waals surface area (Å²) in [7, 11) is 1.69. The molecule has 0 aliphatic rings. The Morgan fingerprint density at radius 1 is 1.45 bits per heavy atom. The Balaban J connectivity index is 2.25. The Morgan fingerprint density at radius 3 is 2.80 bits per heavy atom. The molecule has 20 heavy (non-hydrogen) atoms. The van der Waals surface area contributed by atoms with Crippen LogP contribution in [0.3, 0.4) is 0 Å². The van der Waals surface area contributed by atoms with E-state index in [1.807, 2.05) is 32.0 Å². The summed E-state index contributed by atoms with van der Waals surface area (Å²) in [5, 5.41) is 18.4.